The van der Waals surface area contributed by atoms with Crippen molar-refractivity contribution in [2.24, 2.45) is 5.10 Å². The number of amides is 2. The maximum absolute atomic E-state index is 12.0. The van der Waals surface area contributed by atoms with Gasteiger partial charge in [0, 0.05) is 11.1 Å². The average molecular weight is 408 g/mol. The first-order chi connectivity index (χ1) is 13.0. The van der Waals surface area contributed by atoms with Gasteiger partial charge in [0.15, 0.2) is 0 Å². The molecule has 6 nitrogen and oxygen atoms in total. The molecular weight excluding hydrogens is 389 g/mol. The van der Waals surface area contributed by atoms with E-state index in [0.717, 1.165) is 6.42 Å². The molecular formula is C19H19Cl2N3O3. The van der Waals surface area contributed by atoms with E-state index in [4.69, 9.17) is 27.9 Å². The Bertz CT molecular complexity index is 823. The number of ether oxygens (including phenoxy) is 1. The van der Waals surface area contributed by atoms with Crippen LogP contribution in [0.15, 0.2) is 47.6 Å². The lowest BCUT2D eigenvalue weighted by Crippen LogP contribution is -2.34. The van der Waals surface area contributed by atoms with Gasteiger partial charge in [-0.3, -0.25) is 9.59 Å². The molecule has 0 saturated heterocycles. The van der Waals surface area contributed by atoms with Gasteiger partial charge in [0.1, 0.15) is 5.75 Å². The Hall–Kier alpha value is -2.57. The molecule has 0 aromatic heterocycles. The van der Waals surface area contributed by atoms with Gasteiger partial charge in [-0.15, -0.1) is 0 Å². The van der Waals surface area contributed by atoms with Crippen molar-refractivity contribution in [2.45, 2.75) is 13.3 Å². The Labute approximate surface area is 167 Å². The summed E-state index contributed by atoms with van der Waals surface area (Å²) < 4.78 is 5.46. The minimum Gasteiger partial charge on any atom is -0.494 e. The highest BCUT2D eigenvalue weighted by Crippen LogP contribution is 2.24. The van der Waals surface area contributed by atoms with Gasteiger partial charge in [-0.05, 0) is 36.8 Å². The van der Waals surface area contributed by atoms with Crippen molar-refractivity contribution in [3.63, 3.8) is 0 Å². The Morgan fingerprint density at radius 3 is 2.59 bits per heavy atom. The molecule has 0 aliphatic heterocycles. The SMILES string of the molecule is CCCOc1ccc(C(=O)NCC(=O)N/N=C/c2cccc(Cl)c2Cl)cc1. The molecule has 0 saturated carbocycles. The van der Waals surface area contributed by atoms with Gasteiger partial charge in [0.05, 0.1) is 29.4 Å². The lowest BCUT2D eigenvalue weighted by atomic mass is 10.2. The van der Waals surface area contributed by atoms with Crippen LogP contribution in [0.4, 0.5) is 0 Å². The van der Waals surface area contributed by atoms with Gasteiger partial charge in [-0.1, -0.05) is 42.3 Å². The second kappa shape index (κ2) is 10.5. The molecule has 0 bridgehead atoms. The third-order valence-corrected chi connectivity index (χ3v) is 4.21. The number of carbonyl (C=O) groups excluding carboxylic acids is 2. The molecule has 0 heterocycles. The van der Waals surface area contributed by atoms with E-state index in [9.17, 15) is 9.59 Å². The fourth-order valence-electron chi connectivity index (χ4n) is 2.02. The fraction of sp³-hybridized carbons (Fsp3) is 0.211. The molecule has 8 heteroatoms. The van der Waals surface area contributed by atoms with E-state index in [2.05, 4.69) is 15.8 Å². The van der Waals surface area contributed by atoms with E-state index < -0.39 is 5.91 Å². The van der Waals surface area contributed by atoms with E-state index in [1.165, 1.54) is 6.21 Å². The van der Waals surface area contributed by atoms with Crippen LogP contribution < -0.4 is 15.5 Å². The molecule has 2 aromatic carbocycles. The highest BCUT2D eigenvalue weighted by atomic mass is 35.5. The van der Waals surface area contributed by atoms with Gasteiger partial charge in [0.2, 0.25) is 0 Å². The van der Waals surface area contributed by atoms with E-state index in [0.29, 0.717) is 33.5 Å². The summed E-state index contributed by atoms with van der Waals surface area (Å²) in [6.07, 6.45) is 2.28. The second-order valence-electron chi connectivity index (χ2n) is 5.49. The standard InChI is InChI=1S/C19H19Cl2N3O3/c1-2-10-27-15-8-6-13(7-9-15)19(26)22-12-17(25)24-23-11-14-4-3-5-16(20)18(14)21/h3-9,11H,2,10,12H2,1H3,(H,22,26)(H,24,25)/b23-11+. The zero-order chi connectivity index (χ0) is 19.6. The maximum Gasteiger partial charge on any atom is 0.259 e. The van der Waals surface area contributed by atoms with Crippen LogP contribution in [0.2, 0.25) is 10.0 Å². The van der Waals surface area contributed by atoms with Crippen LogP contribution in [0.25, 0.3) is 0 Å². The lowest BCUT2D eigenvalue weighted by molar-refractivity contribution is -0.120. The molecule has 0 spiro atoms. The van der Waals surface area contributed by atoms with Crippen LogP contribution in [-0.2, 0) is 4.79 Å². The number of rotatable bonds is 8. The highest BCUT2D eigenvalue weighted by molar-refractivity contribution is 6.43. The minimum absolute atomic E-state index is 0.215. The normalized spacial score (nSPS) is 10.6. The van der Waals surface area contributed by atoms with Crippen LogP contribution >= 0.6 is 23.2 Å². The van der Waals surface area contributed by atoms with E-state index in [1.54, 1.807) is 42.5 Å². The smallest absolute Gasteiger partial charge is 0.259 e. The van der Waals surface area contributed by atoms with Gasteiger partial charge >= 0.3 is 0 Å². The monoisotopic (exact) mass is 407 g/mol. The molecule has 0 aliphatic rings. The number of hydrogen-bond donors (Lipinski definition) is 2. The average Bonchev–Trinajstić information content (AvgIpc) is 2.68. The number of hydrazone groups is 1. The summed E-state index contributed by atoms with van der Waals surface area (Å²) in [6.45, 7) is 2.42. The molecule has 2 N–H and O–H groups in total. The largest absolute Gasteiger partial charge is 0.494 e. The maximum atomic E-state index is 12.0. The first-order valence-corrected chi connectivity index (χ1v) is 9.04. The number of benzene rings is 2. The summed E-state index contributed by atoms with van der Waals surface area (Å²) in [5.41, 5.74) is 3.31. The molecule has 142 valence electrons. The summed E-state index contributed by atoms with van der Waals surface area (Å²) in [5, 5.41) is 7.05. The number of hydrogen-bond acceptors (Lipinski definition) is 4. The number of halogens is 2. The summed E-state index contributed by atoms with van der Waals surface area (Å²) in [7, 11) is 0. The molecule has 0 aliphatic carbocycles. The zero-order valence-corrected chi connectivity index (χ0v) is 16.2. The van der Waals surface area contributed by atoms with Gasteiger partial charge in [-0.25, -0.2) is 5.43 Å². The topological polar surface area (TPSA) is 79.8 Å². The van der Waals surface area contributed by atoms with Crippen LogP contribution in [0.3, 0.4) is 0 Å². The fourth-order valence-corrected chi connectivity index (χ4v) is 2.38. The van der Waals surface area contributed by atoms with E-state index in [1.807, 2.05) is 6.92 Å². The van der Waals surface area contributed by atoms with Crippen LogP contribution in [0, 0.1) is 0 Å². The predicted molar refractivity (Wildman–Crippen MR) is 107 cm³/mol. The summed E-state index contributed by atoms with van der Waals surface area (Å²) in [6, 6.07) is 11.8. The summed E-state index contributed by atoms with van der Waals surface area (Å²) >= 11 is 11.9. The molecule has 2 aromatic rings. The molecule has 0 radical (unpaired) electrons. The molecule has 0 atom stereocenters. The first kappa shape index (κ1) is 20.7. The van der Waals surface area contributed by atoms with Crippen LogP contribution in [0.1, 0.15) is 29.3 Å². The van der Waals surface area contributed by atoms with Crippen molar-refractivity contribution in [1.29, 1.82) is 0 Å². The van der Waals surface area contributed by atoms with Crippen molar-refractivity contribution >= 4 is 41.2 Å². The number of nitrogens with zero attached hydrogens (tertiary/aromatic N) is 1. The Morgan fingerprint density at radius 1 is 1.15 bits per heavy atom. The van der Waals surface area contributed by atoms with Crippen molar-refractivity contribution < 1.29 is 14.3 Å². The Balaban J connectivity index is 1.80. The zero-order valence-electron chi connectivity index (χ0n) is 14.7. The Kier molecular flexibility index (Phi) is 8.10. The lowest BCUT2D eigenvalue weighted by Gasteiger charge is -2.07. The first-order valence-electron chi connectivity index (χ1n) is 8.28. The molecule has 27 heavy (non-hydrogen) atoms. The third-order valence-electron chi connectivity index (χ3n) is 3.37. The highest BCUT2D eigenvalue weighted by Gasteiger charge is 2.08. The number of carbonyl (C=O) groups is 2. The van der Waals surface area contributed by atoms with Crippen molar-refractivity contribution in [1.82, 2.24) is 10.7 Å². The van der Waals surface area contributed by atoms with Crippen molar-refractivity contribution in [3.05, 3.63) is 63.6 Å². The van der Waals surface area contributed by atoms with E-state index in [-0.39, 0.29) is 12.5 Å². The summed E-state index contributed by atoms with van der Waals surface area (Å²) in [4.78, 5) is 23.8. The molecule has 0 unspecified atom stereocenters. The van der Waals surface area contributed by atoms with Gasteiger partial charge in [-0.2, -0.15) is 5.10 Å². The molecule has 2 amide bonds. The minimum atomic E-state index is -0.472. The van der Waals surface area contributed by atoms with Crippen molar-refractivity contribution in [3.8, 4) is 5.75 Å². The van der Waals surface area contributed by atoms with Gasteiger partial charge in [0.25, 0.3) is 11.8 Å². The predicted octanol–water partition coefficient (Wildman–Crippen LogP) is 3.66. The van der Waals surface area contributed by atoms with Crippen molar-refractivity contribution in [2.75, 3.05) is 13.2 Å². The van der Waals surface area contributed by atoms with Crippen LogP contribution in [0.5, 0.6) is 5.75 Å². The quantitative estimate of drug-likeness (QED) is 0.517. The van der Waals surface area contributed by atoms with E-state index >= 15 is 0 Å². The second-order valence-corrected chi connectivity index (χ2v) is 6.28. The van der Waals surface area contributed by atoms with Crippen LogP contribution in [-0.4, -0.2) is 31.2 Å². The molecule has 2 rings (SSSR count). The number of nitrogens with one attached hydrogen (secondary N) is 2. The molecule has 0 fully saturated rings. The third kappa shape index (κ3) is 6.58. The Morgan fingerprint density at radius 2 is 1.89 bits per heavy atom. The van der Waals surface area contributed by atoms with Gasteiger partial charge < -0.3 is 10.1 Å². The summed E-state index contributed by atoms with van der Waals surface area (Å²) in [5.74, 6) is -0.144.